The smallest absolute Gasteiger partial charge is 0.449 e. The number of esters is 1. The first-order valence-corrected chi connectivity index (χ1v) is 12.7. The Bertz CT molecular complexity index is 924. The van der Waals surface area contributed by atoms with Gasteiger partial charge in [-0.15, -0.1) is 0 Å². The van der Waals surface area contributed by atoms with Gasteiger partial charge in [0.15, 0.2) is 6.61 Å². The third kappa shape index (κ3) is 8.80. The average molecular weight is 530 g/mol. The van der Waals surface area contributed by atoms with Gasteiger partial charge in [0.2, 0.25) is 0 Å². The van der Waals surface area contributed by atoms with Crippen molar-refractivity contribution in [3.63, 3.8) is 0 Å². The summed E-state index contributed by atoms with van der Waals surface area (Å²) in [5.41, 5.74) is 0.845. The summed E-state index contributed by atoms with van der Waals surface area (Å²) in [4.78, 5) is 36.7. The van der Waals surface area contributed by atoms with Crippen molar-refractivity contribution in [2.24, 2.45) is 5.92 Å². The molecule has 1 saturated carbocycles. The Labute approximate surface area is 216 Å². The first-order chi connectivity index (χ1) is 17.3. The zero-order chi connectivity index (χ0) is 27.2. The van der Waals surface area contributed by atoms with Crippen LogP contribution in [-0.4, -0.2) is 92.0 Å². The Balaban J connectivity index is 1.38. The van der Waals surface area contributed by atoms with Crippen LogP contribution in [0, 0.1) is 5.92 Å². The molecule has 1 saturated heterocycles. The van der Waals surface area contributed by atoms with Crippen LogP contribution in [0.25, 0.3) is 0 Å². The Hall–Kier alpha value is -2.47. The lowest BCUT2D eigenvalue weighted by Gasteiger charge is -2.39. The molecule has 1 aliphatic carbocycles. The monoisotopic (exact) mass is 529 g/mol. The highest BCUT2D eigenvalue weighted by Gasteiger charge is 2.41. The summed E-state index contributed by atoms with van der Waals surface area (Å²) in [5.74, 6) is -0.801. The fourth-order valence-corrected chi connectivity index (χ4v) is 4.45. The maximum Gasteiger partial charge on any atom is 0.490 e. The van der Waals surface area contributed by atoms with Crippen LogP contribution in [0.4, 0.5) is 19.0 Å². The van der Waals surface area contributed by atoms with Crippen molar-refractivity contribution in [3.8, 4) is 0 Å². The molecule has 0 aromatic carbocycles. The quantitative estimate of drug-likeness (QED) is 0.462. The predicted octanol–water partition coefficient (Wildman–Crippen LogP) is 2.48. The van der Waals surface area contributed by atoms with Gasteiger partial charge < -0.3 is 19.7 Å². The molecule has 37 heavy (non-hydrogen) atoms. The van der Waals surface area contributed by atoms with E-state index in [0.717, 1.165) is 75.7 Å². The molecule has 1 aromatic heterocycles. The van der Waals surface area contributed by atoms with E-state index in [9.17, 15) is 22.8 Å². The van der Waals surface area contributed by atoms with Crippen LogP contribution in [0.1, 0.15) is 51.6 Å². The molecule has 1 aromatic rings. The van der Waals surface area contributed by atoms with Gasteiger partial charge in [0.25, 0.3) is 5.91 Å². The molecule has 208 valence electrons. The molecule has 0 spiro atoms. The van der Waals surface area contributed by atoms with Crippen LogP contribution in [-0.2, 0) is 30.9 Å². The summed E-state index contributed by atoms with van der Waals surface area (Å²) >= 11 is 0. The second-order valence-electron chi connectivity index (χ2n) is 10.8. The van der Waals surface area contributed by atoms with Gasteiger partial charge in [0.1, 0.15) is 11.6 Å². The summed E-state index contributed by atoms with van der Waals surface area (Å²) in [6, 6.07) is 1.98. The lowest BCUT2D eigenvalue weighted by atomic mass is 9.78. The Kier molecular flexibility index (Phi) is 9.74. The molecule has 0 atom stereocenters. The standard InChI is InChI=1S/C25H38F3N5O4/c1-24(2,3)22-30-18(6-12-36-4)15-20(31-22)33-10-8-32(9-11-33)7-5-17-13-19(14-17)29-21(34)16-37-23(35)25(26,27)28/h15,17,19H,5-14,16H2,1-4H3,(H,29,34). The molecule has 1 amide bonds. The van der Waals surface area contributed by atoms with Crippen molar-refractivity contribution in [2.75, 3.05) is 57.9 Å². The fourth-order valence-electron chi connectivity index (χ4n) is 4.45. The number of carbonyl (C=O) groups is 2. The van der Waals surface area contributed by atoms with Gasteiger partial charge in [0.05, 0.1) is 6.61 Å². The van der Waals surface area contributed by atoms with Gasteiger partial charge in [-0.1, -0.05) is 20.8 Å². The summed E-state index contributed by atoms with van der Waals surface area (Å²) in [7, 11) is 1.69. The van der Waals surface area contributed by atoms with Crippen molar-refractivity contribution >= 4 is 17.7 Å². The van der Waals surface area contributed by atoms with Crippen molar-refractivity contribution in [1.82, 2.24) is 20.2 Å². The summed E-state index contributed by atoms with van der Waals surface area (Å²) in [6.45, 7) is 10.6. The van der Waals surface area contributed by atoms with E-state index in [-0.39, 0.29) is 11.5 Å². The summed E-state index contributed by atoms with van der Waals surface area (Å²) in [5, 5.41) is 2.62. The number of rotatable bonds is 10. The van der Waals surface area contributed by atoms with E-state index in [1.807, 2.05) is 0 Å². The molecular weight excluding hydrogens is 491 g/mol. The molecule has 9 nitrogen and oxygen atoms in total. The number of amides is 1. The van der Waals surface area contributed by atoms with Crippen LogP contribution in [0.2, 0.25) is 0 Å². The van der Waals surface area contributed by atoms with Gasteiger partial charge in [-0.2, -0.15) is 13.2 Å². The molecule has 0 bridgehead atoms. The maximum atomic E-state index is 12.1. The minimum absolute atomic E-state index is 0.0824. The van der Waals surface area contributed by atoms with Gasteiger partial charge in [0, 0.05) is 62.9 Å². The van der Waals surface area contributed by atoms with Crippen LogP contribution >= 0.6 is 0 Å². The fraction of sp³-hybridized carbons (Fsp3) is 0.760. The minimum Gasteiger partial charge on any atom is -0.449 e. The largest absolute Gasteiger partial charge is 0.490 e. The summed E-state index contributed by atoms with van der Waals surface area (Å²) < 4.78 is 45.6. The van der Waals surface area contributed by atoms with Crippen LogP contribution < -0.4 is 10.2 Å². The van der Waals surface area contributed by atoms with E-state index in [1.165, 1.54) is 0 Å². The van der Waals surface area contributed by atoms with E-state index in [4.69, 9.17) is 14.7 Å². The van der Waals surface area contributed by atoms with E-state index < -0.39 is 24.7 Å². The number of halogens is 3. The topological polar surface area (TPSA) is 96.9 Å². The van der Waals surface area contributed by atoms with E-state index in [0.29, 0.717) is 12.5 Å². The number of nitrogens with one attached hydrogen (secondary N) is 1. The third-order valence-electron chi connectivity index (χ3n) is 6.72. The molecule has 1 aliphatic heterocycles. The molecule has 1 N–H and O–H groups in total. The minimum atomic E-state index is -5.09. The second-order valence-corrected chi connectivity index (χ2v) is 10.8. The van der Waals surface area contributed by atoms with Crippen molar-refractivity contribution in [1.29, 1.82) is 0 Å². The van der Waals surface area contributed by atoms with Gasteiger partial charge in [-0.3, -0.25) is 9.69 Å². The van der Waals surface area contributed by atoms with Gasteiger partial charge in [-0.05, 0) is 31.7 Å². The number of methoxy groups -OCH3 is 1. The molecule has 2 heterocycles. The number of hydrogen-bond donors (Lipinski definition) is 1. The predicted molar refractivity (Wildman–Crippen MR) is 131 cm³/mol. The number of nitrogens with zero attached hydrogens (tertiary/aromatic N) is 4. The first-order valence-electron chi connectivity index (χ1n) is 12.7. The lowest BCUT2D eigenvalue weighted by molar-refractivity contribution is -0.200. The highest BCUT2D eigenvalue weighted by Crippen LogP contribution is 2.31. The lowest BCUT2D eigenvalue weighted by Crippen LogP contribution is -2.49. The van der Waals surface area contributed by atoms with Gasteiger partial charge in [-0.25, -0.2) is 14.8 Å². The highest BCUT2D eigenvalue weighted by atomic mass is 19.4. The Morgan fingerprint density at radius 2 is 1.78 bits per heavy atom. The molecule has 0 unspecified atom stereocenters. The molecule has 3 rings (SSSR count). The van der Waals surface area contributed by atoms with Crippen LogP contribution in [0.3, 0.4) is 0 Å². The first kappa shape index (κ1) is 29.1. The molecule has 0 radical (unpaired) electrons. The number of aromatic nitrogens is 2. The number of ether oxygens (including phenoxy) is 2. The summed E-state index contributed by atoms with van der Waals surface area (Å²) in [6.07, 6.45) is -1.79. The highest BCUT2D eigenvalue weighted by molar-refractivity contribution is 5.82. The number of piperazine rings is 1. The molecule has 12 heteroatoms. The second kappa shape index (κ2) is 12.4. The van der Waals surface area contributed by atoms with E-state index in [2.05, 4.69) is 46.7 Å². The molecular formula is C25H38F3N5O4. The number of carbonyl (C=O) groups excluding carboxylic acids is 2. The number of alkyl halides is 3. The normalized spacial score (nSPS) is 20.9. The van der Waals surface area contributed by atoms with Crippen molar-refractivity contribution in [3.05, 3.63) is 17.6 Å². The Morgan fingerprint density at radius 1 is 1.11 bits per heavy atom. The van der Waals surface area contributed by atoms with E-state index in [1.54, 1.807) is 7.11 Å². The van der Waals surface area contributed by atoms with Crippen LogP contribution in [0.15, 0.2) is 6.07 Å². The SMILES string of the molecule is COCCc1cc(N2CCN(CCC3CC(NC(=O)COC(=O)C(F)(F)F)C3)CC2)nc(C(C)(C)C)n1. The van der Waals surface area contributed by atoms with Crippen molar-refractivity contribution < 1.29 is 32.2 Å². The third-order valence-corrected chi connectivity index (χ3v) is 6.72. The van der Waals surface area contributed by atoms with Crippen molar-refractivity contribution in [2.45, 2.75) is 64.1 Å². The Morgan fingerprint density at radius 3 is 2.38 bits per heavy atom. The van der Waals surface area contributed by atoms with Gasteiger partial charge >= 0.3 is 12.1 Å². The molecule has 2 aliphatic rings. The number of anilines is 1. The average Bonchev–Trinajstić information content (AvgIpc) is 2.81. The maximum absolute atomic E-state index is 12.1. The zero-order valence-electron chi connectivity index (χ0n) is 22.1. The van der Waals surface area contributed by atoms with Crippen LogP contribution in [0.5, 0.6) is 0 Å². The molecule has 2 fully saturated rings. The zero-order valence-corrected chi connectivity index (χ0v) is 22.1. The number of hydrogen-bond acceptors (Lipinski definition) is 8. The van der Waals surface area contributed by atoms with E-state index >= 15 is 0 Å².